The Labute approximate surface area is 127 Å². The summed E-state index contributed by atoms with van der Waals surface area (Å²) in [6.07, 6.45) is 1.52. The summed E-state index contributed by atoms with van der Waals surface area (Å²) in [5, 5.41) is 0. The van der Waals surface area contributed by atoms with E-state index in [-0.39, 0.29) is 5.97 Å². The van der Waals surface area contributed by atoms with E-state index in [2.05, 4.69) is 28.1 Å². The SMILES string of the molecule is CCOC(=O)C(C)(N)CCCSc1ccc(Br)cc1. The smallest absolute Gasteiger partial charge is 0.325 e. The number of rotatable bonds is 7. The van der Waals surface area contributed by atoms with E-state index in [4.69, 9.17) is 10.5 Å². The largest absolute Gasteiger partial charge is 0.465 e. The molecule has 0 heterocycles. The third-order valence-electron chi connectivity index (χ3n) is 2.66. The molecule has 1 aromatic carbocycles. The van der Waals surface area contributed by atoms with Gasteiger partial charge in [-0.05, 0) is 56.7 Å². The Morgan fingerprint density at radius 2 is 2.05 bits per heavy atom. The highest BCUT2D eigenvalue weighted by Crippen LogP contribution is 2.23. The van der Waals surface area contributed by atoms with Crippen LogP contribution in [0, 0.1) is 0 Å². The summed E-state index contributed by atoms with van der Waals surface area (Å²) in [7, 11) is 0. The van der Waals surface area contributed by atoms with E-state index in [1.165, 1.54) is 4.90 Å². The first-order valence-electron chi connectivity index (χ1n) is 6.30. The average molecular weight is 346 g/mol. The van der Waals surface area contributed by atoms with Crippen molar-refractivity contribution < 1.29 is 9.53 Å². The molecule has 19 heavy (non-hydrogen) atoms. The van der Waals surface area contributed by atoms with Crippen LogP contribution >= 0.6 is 27.7 Å². The van der Waals surface area contributed by atoms with Crippen LogP contribution in [0.3, 0.4) is 0 Å². The number of hydrogen-bond donors (Lipinski definition) is 1. The molecule has 0 radical (unpaired) electrons. The van der Waals surface area contributed by atoms with E-state index >= 15 is 0 Å². The van der Waals surface area contributed by atoms with Gasteiger partial charge < -0.3 is 10.5 Å². The maximum Gasteiger partial charge on any atom is 0.325 e. The van der Waals surface area contributed by atoms with E-state index in [1.807, 2.05) is 12.1 Å². The zero-order valence-corrected chi connectivity index (χ0v) is 13.7. The highest BCUT2D eigenvalue weighted by atomic mass is 79.9. The highest BCUT2D eigenvalue weighted by Gasteiger charge is 2.28. The highest BCUT2D eigenvalue weighted by molar-refractivity contribution is 9.10. The number of halogens is 1. The molecule has 0 fully saturated rings. The van der Waals surface area contributed by atoms with E-state index < -0.39 is 5.54 Å². The van der Waals surface area contributed by atoms with Crippen molar-refractivity contribution in [2.75, 3.05) is 12.4 Å². The first-order valence-corrected chi connectivity index (χ1v) is 8.08. The molecule has 0 aliphatic heterocycles. The van der Waals surface area contributed by atoms with Crippen LogP contribution in [-0.2, 0) is 9.53 Å². The molecule has 0 bridgehead atoms. The van der Waals surface area contributed by atoms with Crippen molar-refractivity contribution in [3.8, 4) is 0 Å². The van der Waals surface area contributed by atoms with Crippen LogP contribution < -0.4 is 5.73 Å². The first kappa shape index (κ1) is 16.5. The van der Waals surface area contributed by atoms with Gasteiger partial charge in [0.2, 0.25) is 0 Å². The van der Waals surface area contributed by atoms with Gasteiger partial charge in [-0.2, -0.15) is 0 Å². The van der Waals surface area contributed by atoms with Gasteiger partial charge in [-0.25, -0.2) is 0 Å². The minimum Gasteiger partial charge on any atom is -0.465 e. The van der Waals surface area contributed by atoms with Gasteiger partial charge >= 0.3 is 5.97 Å². The molecule has 0 aliphatic rings. The molecule has 2 N–H and O–H groups in total. The lowest BCUT2D eigenvalue weighted by Crippen LogP contribution is -2.46. The van der Waals surface area contributed by atoms with Crippen molar-refractivity contribution in [2.45, 2.75) is 37.1 Å². The molecule has 1 rings (SSSR count). The fraction of sp³-hybridized carbons (Fsp3) is 0.500. The van der Waals surface area contributed by atoms with Gasteiger partial charge in [-0.1, -0.05) is 15.9 Å². The zero-order valence-electron chi connectivity index (χ0n) is 11.3. The maximum absolute atomic E-state index is 11.6. The van der Waals surface area contributed by atoms with Crippen molar-refractivity contribution in [2.24, 2.45) is 5.73 Å². The molecule has 5 heteroatoms. The molecule has 0 aliphatic carbocycles. The van der Waals surface area contributed by atoms with Crippen LogP contribution in [0.1, 0.15) is 26.7 Å². The second kappa shape index (κ2) is 7.92. The van der Waals surface area contributed by atoms with Gasteiger partial charge in [0.15, 0.2) is 0 Å². The van der Waals surface area contributed by atoms with E-state index in [1.54, 1.807) is 25.6 Å². The van der Waals surface area contributed by atoms with Gasteiger partial charge in [0, 0.05) is 9.37 Å². The van der Waals surface area contributed by atoms with Crippen molar-refractivity contribution >= 4 is 33.7 Å². The summed E-state index contributed by atoms with van der Waals surface area (Å²) in [6, 6.07) is 8.19. The van der Waals surface area contributed by atoms with Crippen LogP contribution in [0.2, 0.25) is 0 Å². The molecule has 106 valence electrons. The number of ether oxygens (including phenoxy) is 1. The molecule has 0 saturated heterocycles. The fourth-order valence-corrected chi connectivity index (χ4v) is 2.68. The summed E-state index contributed by atoms with van der Waals surface area (Å²) >= 11 is 5.17. The minimum absolute atomic E-state index is 0.316. The summed E-state index contributed by atoms with van der Waals surface area (Å²) < 4.78 is 6.04. The van der Waals surface area contributed by atoms with Crippen LogP contribution in [0.5, 0.6) is 0 Å². The van der Waals surface area contributed by atoms with Gasteiger partial charge in [0.05, 0.1) is 6.61 Å². The third kappa shape index (κ3) is 5.97. The van der Waals surface area contributed by atoms with Crippen molar-refractivity contribution in [1.82, 2.24) is 0 Å². The van der Waals surface area contributed by atoms with E-state index in [9.17, 15) is 4.79 Å². The number of hydrogen-bond acceptors (Lipinski definition) is 4. The maximum atomic E-state index is 11.6. The Kier molecular flexibility index (Phi) is 6.89. The Morgan fingerprint density at radius 1 is 1.42 bits per heavy atom. The van der Waals surface area contributed by atoms with Crippen molar-refractivity contribution in [1.29, 1.82) is 0 Å². The third-order valence-corrected chi connectivity index (χ3v) is 4.29. The minimum atomic E-state index is -0.879. The summed E-state index contributed by atoms with van der Waals surface area (Å²) in [4.78, 5) is 12.8. The van der Waals surface area contributed by atoms with Gasteiger partial charge in [-0.15, -0.1) is 11.8 Å². The monoisotopic (exact) mass is 345 g/mol. The van der Waals surface area contributed by atoms with Gasteiger partial charge in [0.25, 0.3) is 0 Å². The first-order chi connectivity index (χ1) is 8.95. The fourth-order valence-electron chi connectivity index (χ4n) is 1.56. The lowest BCUT2D eigenvalue weighted by molar-refractivity contribution is -0.149. The number of carbonyl (C=O) groups is 1. The number of thioether (sulfide) groups is 1. The second-order valence-electron chi connectivity index (χ2n) is 4.54. The Balaban J connectivity index is 2.30. The Bertz CT molecular complexity index is 406. The lowest BCUT2D eigenvalue weighted by Gasteiger charge is -2.21. The molecule has 1 aromatic rings. The number of carbonyl (C=O) groups excluding carboxylic acids is 1. The number of benzene rings is 1. The van der Waals surface area contributed by atoms with E-state index in [0.717, 1.165) is 16.6 Å². The predicted octanol–water partition coefficient (Wildman–Crippen LogP) is 3.60. The molecule has 0 aromatic heterocycles. The normalized spacial score (nSPS) is 13.9. The molecule has 0 spiro atoms. The summed E-state index contributed by atoms with van der Waals surface area (Å²) in [5.41, 5.74) is 5.08. The predicted molar refractivity (Wildman–Crippen MR) is 83.3 cm³/mol. The van der Waals surface area contributed by atoms with Gasteiger partial charge in [0.1, 0.15) is 5.54 Å². The lowest BCUT2D eigenvalue weighted by atomic mass is 9.98. The van der Waals surface area contributed by atoms with Crippen LogP contribution in [0.15, 0.2) is 33.6 Å². The molecular formula is C14H20BrNO2S. The Morgan fingerprint density at radius 3 is 2.63 bits per heavy atom. The summed E-state index contributed by atoms with van der Waals surface area (Å²) in [6.45, 7) is 3.89. The standard InChI is InChI=1S/C14H20BrNO2S/c1-3-18-13(17)14(2,16)9-4-10-19-12-7-5-11(15)6-8-12/h5-8H,3-4,9-10,16H2,1-2H3. The molecule has 1 unspecified atom stereocenters. The second-order valence-corrected chi connectivity index (χ2v) is 6.63. The summed E-state index contributed by atoms with van der Waals surface area (Å²) in [5.74, 6) is 0.622. The van der Waals surface area contributed by atoms with Gasteiger partial charge in [-0.3, -0.25) is 4.79 Å². The topological polar surface area (TPSA) is 52.3 Å². The van der Waals surface area contributed by atoms with E-state index in [0.29, 0.717) is 13.0 Å². The number of nitrogens with two attached hydrogens (primary N) is 1. The van der Waals surface area contributed by atoms with Crippen molar-refractivity contribution in [3.63, 3.8) is 0 Å². The molecule has 1 atom stereocenters. The molecular weight excluding hydrogens is 326 g/mol. The zero-order chi connectivity index (χ0) is 14.3. The quantitative estimate of drug-likeness (QED) is 0.466. The van der Waals surface area contributed by atoms with Crippen LogP contribution in [0.4, 0.5) is 0 Å². The average Bonchev–Trinajstić information content (AvgIpc) is 2.37. The molecule has 3 nitrogen and oxygen atoms in total. The number of esters is 1. The van der Waals surface area contributed by atoms with Crippen LogP contribution in [-0.4, -0.2) is 23.9 Å². The van der Waals surface area contributed by atoms with Crippen molar-refractivity contribution in [3.05, 3.63) is 28.7 Å². The molecule has 0 amide bonds. The molecule has 0 saturated carbocycles. The van der Waals surface area contributed by atoms with Crippen LogP contribution in [0.25, 0.3) is 0 Å². The Hall–Kier alpha value is -0.520.